The summed E-state index contributed by atoms with van der Waals surface area (Å²) in [5, 5.41) is 0.692. The Labute approximate surface area is 161 Å². The maximum absolute atomic E-state index is 12.8. The van der Waals surface area contributed by atoms with Crippen LogP contribution in [-0.2, 0) is 4.79 Å². The molecule has 2 aromatic rings. The zero-order valence-electron chi connectivity index (χ0n) is 13.5. The van der Waals surface area contributed by atoms with Crippen LogP contribution in [0.3, 0.4) is 0 Å². The summed E-state index contributed by atoms with van der Waals surface area (Å²) in [6.07, 6.45) is 6.38. The Morgan fingerprint density at radius 3 is 2.60 bits per heavy atom. The van der Waals surface area contributed by atoms with Crippen molar-refractivity contribution < 1.29 is 9.21 Å². The van der Waals surface area contributed by atoms with E-state index >= 15 is 0 Å². The number of amides is 1. The van der Waals surface area contributed by atoms with Crippen molar-refractivity contribution >= 4 is 48.0 Å². The molecule has 1 unspecified atom stereocenters. The molecule has 1 amide bonds. The van der Waals surface area contributed by atoms with Crippen molar-refractivity contribution in [2.45, 2.75) is 36.4 Å². The molecular formula is C19H18ClNO2S2. The summed E-state index contributed by atoms with van der Waals surface area (Å²) in [6, 6.07) is 11.6. The summed E-state index contributed by atoms with van der Waals surface area (Å²) in [5.41, 5.74) is 0.958. The average molecular weight is 392 g/mol. The fourth-order valence-electron chi connectivity index (χ4n) is 3.40. The summed E-state index contributed by atoms with van der Waals surface area (Å²) in [4.78, 5) is 15.4. The van der Waals surface area contributed by atoms with E-state index in [1.165, 1.54) is 24.6 Å². The predicted octanol–water partition coefficient (Wildman–Crippen LogP) is 5.67. The number of carbonyl (C=O) groups is 1. The molecule has 0 radical (unpaired) electrons. The van der Waals surface area contributed by atoms with Crippen LogP contribution in [0.15, 0.2) is 45.7 Å². The number of halogens is 1. The zero-order chi connectivity index (χ0) is 17.4. The van der Waals surface area contributed by atoms with Crippen LogP contribution in [0.4, 0.5) is 0 Å². The molecule has 1 saturated carbocycles. The maximum Gasteiger partial charge on any atom is 0.262 e. The van der Waals surface area contributed by atoms with E-state index < -0.39 is 0 Å². The lowest BCUT2D eigenvalue weighted by Gasteiger charge is -2.26. The first kappa shape index (κ1) is 17.1. The van der Waals surface area contributed by atoms with E-state index in [1.807, 2.05) is 47.4 Å². The lowest BCUT2D eigenvalue weighted by Crippen LogP contribution is -2.37. The van der Waals surface area contributed by atoms with Gasteiger partial charge in [0.05, 0.1) is 4.91 Å². The Morgan fingerprint density at radius 2 is 1.88 bits per heavy atom. The minimum absolute atomic E-state index is 0.0707. The third-order valence-electron chi connectivity index (χ3n) is 4.66. The molecule has 0 N–H and O–H groups in total. The lowest BCUT2D eigenvalue weighted by atomic mass is 10.2. The third kappa shape index (κ3) is 3.50. The Kier molecular flexibility index (Phi) is 4.89. The van der Waals surface area contributed by atoms with Crippen LogP contribution < -0.4 is 0 Å². The largest absolute Gasteiger partial charge is 0.457 e. The van der Waals surface area contributed by atoms with Gasteiger partial charge in [-0.3, -0.25) is 4.79 Å². The molecule has 6 heteroatoms. The van der Waals surface area contributed by atoms with Crippen LogP contribution in [0, 0.1) is 0 Å². The van der Waals surface area contributed by atoms with Crippen LogP contribution in [0.1, 0.15) is 31.4 Å². The van der Waals surface area contributed by atoms with Gasteiger partial charge in [-0.15, -0.1) is 12.6 Å². The number of carbonyl (C=O) groups excluding carboxylic acids is 1. The number of nitrogens with zero attached hydrogens (tertiary/aromatic N) is 1. The standard InChI is InChI=1S/C19H18ClNO2S2/c20-13-7-5-12(6-8-13)16-10-9-15(23-16)11-17-18(22)21(19(24)25-17)14-3-1-2-4-14/h5-11,14,19,24H,1-4H2/b17-11-. The fraction of sp³-hybridized carbons (Fsp3) is 0.316. The first-order valence-electron chi connectivity index (χ1n) is 8.37. The van der Waals surface area contributed by atoms with Gasteiger partial charge in [-0.25, -0.2) is 0 Å². The molecule has 1 atom stereocenters. The highest BCUT2D eigenvalue weighted by Crippen LogP contribution is 2.42. The number of furan rings is 1. The summed E-state index contributed by atoms with van der Waals surface area (Å²) < 4.78 is 5.78. The van der Waals surface area contributed by atoms with E-state index in [-0.39, 0.29) is 10.6 Å². The molecule has 1 aliphatic carbocycles. The van der Waals surface area contributed by atoms with Gasteiger partial charge in [0.25, 0.3) is 5.91 Å². The second kappa shape index (κ2) is 7.14. The molecule has 1 aromatic carbocycles. The van der Waals surface area contributed by atoms with Crippen molar-refractivity contribution in [1.82, 2.24) is 4.90 Å². The van der Waals surface area contributed by atoms with Crippen molar-refractivity contribution in [3.05, 3.63) is 52.1 Å². The van der Waals surface area contributed by atoms with Gasteiger partial charge in [0.15, 0.2) is 0 Å². The number of hydrogen-bond donors (Lipinski definition) is 1. The van der Waals surface area contributed by atoms with Gasteiger partial charge in [0.1, 0.15) is 16.2 Å². The average Bonchev–Trinajstić information content (AvgIpc) is 3.31. The van der Waals surface area contributed by atoms with Crippen molar-refractivity contribution in [3.8, 4) is 11.3 Å². The summed E-state index contributed by atoms with van der Waals surface area (Å²) in [7, 11) is 0. The quantitative estimate of drug-likeness (QED) is 0.540. The van der Waals surface area contributed by atoms with Crippen LogP contribution in [-0.4, -0.2) is 21.6 Å². The maximum atomic E-state index is 12.8. The van der Waals surface area contributed by atoms with E-state index in [2.05, 4.69) is 12.6 Å². The molecule has 0 bridgehead atoms. The number of thiol groups is 1. The fourth-order valence-corrected chi connectivity index (χ4v) is 5.16. The molecule has 3 nitrogen and oxygen atoms in total. The Bertz CT molecular complexity index is 809. The number of benzene rings is 1. The number of rotatable bonds is 3. The predicted molar refractivity (Wildman–Crippen MR) is 107 cm³/mol. The SMILES string of the molecule is O=C1/C(=C/c2ccc(-c3ccc(Cl)cc3)o2)SC(S)N1C1CCCC1. The van der Waals surface area contributed by atoms with Gasteiger partial charge >= 0.3 is 0 Å². The topological polar surface area (TPSA) is 33.5 Å². The van der Waals surface area contributed by atoms with Crippen molar-refractivity contribution in [2.24, 2.45) is 0 Å². The van der Waals surface area contributed by atoms with Crippen LogP contribution >= 0.6 is 36.0 Å². The molecule has 0 spiro atoms. The van der Waals surface area contributed by atoms with Crippen molar-refractivity contribution in [3.63, 3.8) is 0 Å². The Balaban J connectivity index is 1.55. The summed E-state index contributed by atoms with van der Waals surface area (Å²) >= 11 is 12.0. The molecule has 4 rings (SSSR count). The monoisotopic (exact) mass is 391 g/mol. The number of hydrogen-bond acceptors (Lipinski definition) is 4. The van der Waals surface area contributed by atoms with Crippen LogP contribution in [0.2, 0.25) is 5.02 Å². The minimum atomic E-state index is -0.104. The van der Waals surface area contributed by atoms with Gasteiger partial charge in [0, 0.05) is 22.7 Å². The van der Waals surface area contributed by atoms with Gasteiger partial charge in [-0.2, -0.15) is 0 Å². The molecule has 130 valence electrons. The molecule has 25 heavy (non-hydrogen) atoms. The van der Waals surface area contributed by atoms with E-state index in [0.717, 1.165) is 24.2 Å². The minimum Gasteiger partial charge on any atom is -0.457 e. The van der Waals surface area contributed by atoms with E-state index in [1.54, 1.807) is 0 Å². The van der Waals surface area contributed by atoms with Crippen molar-refractivity contribution in [2.75, 3.05) is 0 Å². The zero-order valence-corrected chi connectivity index (χ0v) is 16.0. The summed E-state index contributed by atoms with van der Waals surface area (Å²) in [6.45, 7) is 0. The van der Waals surface area contributed by atoms with E-state index in [9.17, 15) is 4.79 Å². The smallest absolute Gasteiger partial charge is 0.262 e. The van der Waals surface area contributed by atoms with Crippen molar-refractivity contribution in [1.29, 1.82) is 0 Å². The molecule has 1 aromatic heterocycles. The summed E-state index contributed by atoms with van der Waals surface area (Å²) in [5.74, 6) is 1.50. The highest BCUT2D eigenvalue weighted by molar-refractivity contribution is 8.14. The van der Waals surface area contributed by atoms with Gasteiger partial charge in [0.2, 0.25) is 0 Å². The number of thioether (sulfide) groups is 1. The highest BCUT2D eigenvalue weighted by Gasteiger charge is 2.39. The van der Waals surface area contributed by atoms with E-state index in [0.29, 0.717) is 21.7 Å². The van der Waals surface area contributed by atoms with Gasteiger partial charge in [-0.1, -0.05) is 36.2 Å². The van der Waals surface area contributed by atoms with E-state index in [4.69, 9.17) is 16.0 Å². The molecule has 2 fully saturated rings. The van der Waals surface area contributed by atoms with Gasteiger partial charge in [-0.05, 0) is 49.2 Å². The van der Waals surface area contributed by atoms with Crippen LogP contribution in [0.5, 0.6) is 0 Å². The first-order valence-corrected chi connectivity index (χ1v) is 10.1. The first-order chi connectivity index (χ1) is 12.1. The molecular weight excluding hydrogens is 374 g/mol. The van der Waals surface area contributed by atoms with Crippen LogP contribution in [0.25, 0.3) is 17.4 Å². The third-order valence-corrected chi connectivity index (χ3v) is 6.46. The second-order valence-corrected chi connectivity index (χ2v) is 8.71. The highest BCUT2D eigenvalue weighted by atomic mass is 35.5. The molecule has 1 saturated heterocycles. The lowest BCUT2D eigenvalue weighted by molar-refractivity contribution is -0.127. The molecule has 2 aliphatic rings. The van der Waals surface area contributed by atoms with Gasteiger partial charge < -0.3 is 9.32 Å². The molecule has 2 heterocycles. The Morgan fingerprint density at radius 1 is 1.16 bits per heavy atom. The Hall–Kier alpha value is -1.30. The second-order valence-electron chi connectivity index (χ2n) is 6.31. The normalized spacial score (nSPS) is 23.1. The molecule has 1 aliphatic heterocycles.